The van der Waals surface area contributed by atoms with Gasteiger partial charge >= 0.3 is 0 Å². The first-order valence-electron chi connectivity index (χ1n) is 6.10. The quantitative estimate of drug-likeness (QED) is 0.889. The SMILES string of the molecule is NC(=O)Cc1ccccc1NCc1cc(Cl)ccc1F. The summed E-state index contributed by atoms with van der Waals surface area (Å²) in [6.07, 6.45) is 0.140. The lowest BCUT2D eigenvalue weighted by molar-refractivity contribution is -0.117. The van der Waals surface area contributed by atoms with E-state index in [1.54, 1.807) is 12.1 Å². The van der Waals surface area contributed by atoms with E-state index in [4.69, 9.17) is 17.3 Å². The molecule has 1 amide bonds. The van der Waals surface area contributed by atoms with Gasteiger partial charge in [-0.2, -0.15) is 0 Å². The van der Waals surface area contributed by atoms with Crippen molar-refractivity contribution < 1.29 is 9.18 Å². The Morgan fingerprint density at radius 1 is 1.20 bits per heavy atom. The first kappa shape index (κ1) is 14.3. The Morgan fingerprint density at radius 2 is 1.95 bits per heavy atom. The molecule has 0 aliphatic carbocycles. The van der Waals surface area contributed by atoms with E-state index in [1.165, 1.54) is 12.1 Å². The number of primary amides is 1. The Labute approximate surface area is 121 Å². The number of nitrogens with one attached hydrogen (secondary N) is 1. The van der Waals surface area contributed by atoms with Crippen LogP contribution in [-0.4, -0.2) is 5.91 Å². The largest absolute Gasteiger partial charge is 0.381 e. The topological polar surface area (TPSA) is 55.1 Å². The highest BCUT2D eigenvalue weighted by atomic mass is 35.5. The lowest BCUT2D eigenvalue weighted by Crippen LogP contribution is -2.15. The molecule has 0 spiro atoms. The van der Waals surface area contributed by atoms with Gasteiger partial charge in [-0.3, -0.25) is 4.79 Å². The smallest absolute Gasteiger partial charge is 0.221 e. The third-order valence-corrected chi connectivity index (χ3v) is 3.09. The molecular formula is C15H14ClFN2O. The molecule has 0 aliphatic rings. The molecule has 2 rings (SSSR count). The Balaban J connectivity index is 2.14. The zero-order valence-electron chi connectivity index (χ0n) is 10.7. The Morgan fingerprint density at radius 3 is 2.70 bits per heavy atom. The summed E-state index contributed by atoms with van der Waals surface area (Å²) in [5, 5.41) is 3.58. The van der Waals surface area contributed by atoms with Gasteiger partial charge in [0.1, 0.15) is 5.82 Å². The first-order chi connectivity index (χ1) is 9.56. The third kappa shape index (κ3) is 3.71. The molecule has 5 heteroatoms. The zero-order chi connectivity index (χ0) is 14.5. The number of rotatable bonds is 5. The summed E-state index contributed by atoms with van der Waals surface area (Å²) in [5.74, 6) is -0.734. The highest BCUT2D eigenvalue weighted by Crippen LogP contribution is 2.19. The second kappa shape index (κ2) is 6.39. The lowest BCUT2D eigenvalue weighted by Gasteiger charge is -2.11. The molecule has 0 saturated carbocycles. The maximum atomic E-state index is 13.6. The fourth-order valence-electron chi connectivity index (χ4n) is 1.90. The average Bonchev–Trinajstić information content (AvgIpc) is 2.41. The second-order valence-electron chi connectivity index (χ2n) is 4.39. The van der Waals surface area contributed by atoms with Crippen molar-refractivity contribution in [2.45, 2.75) is 13.0 Å². The Hall–Kier alpha value is -2.07. The van der Waals surface area contributed by atoms with Crippen molar-refractivity contribution in [3.05, 3.63) is 64.4 Å². The summed E-state index contributed by atoms with van der Waals surface area (Å²) in [4.78, 5) is 11.0. The number of carbonyl (C=O) groups is 1. The summed E-state index contributed by atoms with van der Waals surface area (Å²) in [6.45, 7) is 0.280. The number of amides is 1. The molecule has 0 heterocycles. The zero-order valence-corrected chi connectivity index (χ0v) is 11.5. The van der Waals surface area contributed by atoms with E-state index in [2.05, 4.69) is 5.32 Å². The molecule has 0 unspecified atom stereocenters. The number of benzene rings is 2. The van der Waals surface area contributed by atoms with Gasteiger partial charge in [-0.15, -0.1) is 0 Å². The minimum Gasteiger partial charge on any atom is -0.381 e. The summed E-state index contributed by atoms with van der Waals surface area (Å²) >= 11 is 5.84. The van der Waals surface area contributed by atoms with E-state index >= 15 is 0 Å². The molecule has 2 aromatic rings. The molecule has 3 N–H and O–H groups in total. The predicted molar refractivity (Wildman–Crippen MR) is 78.1 cm³/mol. The van der Waals surface area contributed by atoms with Gasteiger partial charge in [0.05, 0.1) is 6.42 Å². The molecule has 0 atom stereocenters. The fraction of sp³-hybridized carbons (Fsp3) is 0.133. The summed E-state index contributed by atoms with van der Waals surface area (Å²) in [7, 11) is 0. The summed E-state index contributed by atoms with van der Waals surface area (Å²) < 4.78 is 13.6. The van der Waals surface area contributed by atoms with Gasteiger partial charge in [-0.05, 0) is 29.8 Å². The van der Waals surface area contributed by atoms with E-state index in [-0.39, 0.29) is 18.8 Å². The van der Waals surface area contributed by atoms with Crippen molar-refractivity contribution in [3.63, 3.8) is 0 Å². The van der Waals surface area contributed by atoms with Crippen molar-refractivity contribution >= 4 is 23.2 Å². The monoisotopic (exact) mass is 292 g/mol. The molecule has 0 radical (unpaired) electrons. The number of anilines is 1. The van der Waals surface area contributed by atoms with Gasteiger partial charge in [-0.1, -0.05) is 29.8 Å². The van der Waals surface area contributed by atoms with E-state index in [9.17, 15) is 9.18 Å². The third-order valence-electron chi connectivity index (χ3n) is 2.86. The van der Waals surface area contributed by atoms with E-state index in [1.807, 2.05) is 18.2 Å². The van der Waals surface area contributed by atoms with Crippen LogP contribution in [0.2, 0.25) is 5.02 Å². The summed E-state index contributed by atoms with van der Waals surface area (Å²) in [6, 6.07) is 11.7. The van der Waals surface area contributed by atoms with Crippen LogP contribution in [0.1, 0.15) is 11.1 Å². The van der Waals surface area contributed by atoms with Gasteiger partial charge in [-0.25, -0.2) is 4.39 Å². The van der Waals surface area contributed by atoms with E-state index < -0.39 is 5.91 Å². The van der Waals surface area contributed by atoms with Crippen LogP contribution in [-0.2, 0) is 17.8 Å². The molecular weight excluding hydrogens is 279 g/mol. The number of halogens is 2. The minimum absolute atomic E-state index is 0.140. The molecule has 20 heavy (non-hydrogen) atoms. The van der Waals surface area contributed by atoms with Crippen LogP contribution in [0.4, 0.5) is 10.1 Å². The van der Waals surface area contributed by atoms with E-state index in [0.29, 0.717) is 10.6 Å². The minimum atomic E-state index is -0.409. The molecule has 104 valence electrons. The number of nitrogens with two attached hydrogens (primary N) is 1. The van der Waals surface area contributed by atoms with Crippen LogP contribution in [0.5, 0.6) is 0 Å². The second-order valence-corrected chi connectivity index (χ2v) is 4.83. The maximum absolute atomic E-state index is 13.6. The van der Waals surface area contributed by atoms with Crippen LogP contribution in [0, 0.1) is 5.82 Å². The van der Waals surface area contributed by atoms with Crippen LogP contribution >= 0.6 is 11.6 Å². The molecule has 0 aliphatic heterocycles. The van der Waals surface area contributed by atoms with Gasteiger partial charge in [0.2, 0.25) is 5.91 Å². The van der Waals surface area contributed by atoms with Gasteiger partial charge < -0.3 is 11.1 Å². The Kier molecular flexibility index (Phi) is 4.58. The van der Waals surface area contributed by atoms with Crippen LogP contribution in [0.25, 0.3) is 0 Å². The molecule has 0 fully saturated rings. The van der Waals surface area contributed by atoms with Gasteiger partial charge in [0.15, 0.2) is 0 Å². The first-order valence-corrected chi connectivity index (χ1v) is 6.48. The number of carbonyl (C=O) groups excluding carboxylic acids is 1. The van der Waals surface area contributed by atoms with Crippen LogP contribution < -0.4 is 11.1 Å². The van der Waals surface area contributed by atoms with Crippen molar-refractivity contribution in [1.82, 2.24) is 0 Å². The highest BCUT2D eigenvalue weighted by molar-refractivity contribution is 6.30. The molecule has 2 aromatic carbocycles. The van der Waals surface area contributed by atoms with Crippen molar-refractivity contribution in [1.29, 1.82) is 0 Å². The van der Waals surface area contributed by atoms with Crippen LogP contribution in [0.3, 0.4) is 0 Å². The number of hydrogen-bond acceptors (Lipinski definition) is 2. The number of para-hydroxylation sites is 1. The standard InChI is InChI=1S/C15H14ClFN2O/c16-12-5-6-13(17)11(7-12)9-19-14-4-2-1-3-10(14)8-15(18)20/h1-7,19H,8-9H2,(H2,18,20). The Bertz CT molecular complexity index is 631. The summed E-state index contributed by atoms with van der Waals surface area (Å²) in [5.41, 5.74) is 7.20. The molecule has 0 saturated heterocycles. The van der Waals surface area contributed by atoms with Crippen molar-refractivity contribution in [3.8, 4) is 0 Å². The van der Waals surface area contributed by atoms with Crippen LogP contribution in [0.15, 0.2) is 42.5 Å². The average molecular weight is 293 g/mol. The van der Waals surface area contributed by atoms with Gasteiger partial charge in [0.25, 0.3) is 0 Å². The molecule has 0 aromatic heterocycles. The maximum Gasteiger partial charge on any atom is 0.221 e. The lowest BCUT2D eigenvalue weighted by atomic mass is 10.1. The predicted octanol–water partition coefficient (Wildman–Crippen LogP) is 3.12. The highest BCUT2D eigenvalue weighted by Gasteiger charge is 2.07. The normalized spacial score (nSPS) is 10.3. The number of hydrogen-bond donors (Lipinski definition) is 2. The van der Waals surface area contributed by atoms with Crippen molar-refractivity contribution in [2.75, 3.05) is 5.32 Å². The molecule has 3 nitrogen and oxygen atoms in total. The van der Waals surface area contributed by atoms with E-state index in [0.717, 1.165) is 11.3 Å². The molecule has 0 bridgehead atoms. The van der Waals surface area contributed by atoms with Crippen molar-refractivity contribution in [2.24, 2.45) is 5.73 Å². The fourth-order valence-corrected chi connectivity index (χ4v) is 2.10. The van der Waals surface area contributed by atoms with Gasteiger partial charge in [0, 0.05) is 22.8 Å².